The van der Waals surface area contributed by atoms with Crippen molar-refractivity contribution in [3.63, 3.8) is 0 Å². The second kappa shape index (κ2) is 14.3. The van der Waals surface area contributed by atoms with Crippen LogP contribution in [0.4, 0.5) is 0 Å². The molecule has 132 valence electrons. The van der Waals surface area contributed by atoms with E-state index in [1.807, 2.05) is 0 Å². The molecule has 0 radical (unpaired) electrons. The summed E-state index contributed by atoms with van der Waals surface area (Å²) < 4.78 is 9.73. The molecular weight excluding hydrogens is 290 g/mol. The number of carbonyl (C=O) groups excluding carboxylic acids is 1. The van der Waals surface area contributed by atoms with Gasteiger partial charge in [0.1, 0.15) is 6.26 Å². The molecule has 0 atom stereocenters. The summed E-state index contributed by atoms with van der Waals surface area (Å²) in [6.45, 7) is 2.74. The summed E-state index contributed by atoms with van der Waals surface area (Å²) in [6.07, 6.45) is 18.5. The summed E-state index contributed by atoms with van der Waals surface area (Å²) in [6, 6.07) is 1.52. The van der Waals surface area contributed by atoms with Crippen molar-refractivity contribution in [2.45, 2.75) is 90.4 Å². The normalized spacial score (nSPS) is 10.8. The molecule has 4 nitrogen and oxygen atoms in total. The monoisotopic (exact) mass is 323 g/mol. The Morgan fingerprint density at radius 1 is 0.913 bits per heavy atom. The van der Waals surface area contributed by atoms with Crippen LogP contribution < -0.4 is 0 Å². The van der Waals surface area contributed by atoms with Gasteiger partial charge in [0.05, 0.1) is 6.61 Å². The maximum atomic E-state index is 11.5. The van der Waals surface area contributed by atoms with Crippen molar-refractivity contribution >= 4 is 5.97 Å². The molecule has 23 heavy (non-hydrogen) atoms. The van der Waals surface area contributed by atoms with Gasteiger partial charge in [-0.05, 0) is 6.42 Å². The van der Waals surface area contributed by atoms with Gasteiger partial charge in [-0.25, -0.2) is 4.79 Å². The highest BCUT2D eigenvalue weighted by Gasteiger charge is 2.09. The lowest BCUT2D eigenvalue weighted by atomic mass is 10.0. The molecule has 0 N–H and O–H groups in total. The fourth-order valence-electron chi connectivity index (χ4n) is 2.68. The molecule has 0 saturated carbocycles. The van der Waals surface area contributed by atoms with E-state index in [1.54, 1.807) is 0 Å². The van der Waals surface area contributed by atoms with E-state index in [4.69, 9.17) is 4.74 Å². The van der Waals surface area contributed by atoms with Crippen molar-refractivity contribution in [1.82, 2.24) is 5.16 Å². The van der Waals surface area contributed by atoms with Gasteiger partial charge in [-0.3, -0.25) is 0 Å². The second-order valence-electron chi connectivity index (χ2n) is 6.26. The van der Waals surface area contributed by atoms with Crippen molar-refractivity contribution in [3.05, 3.63) is 18.0 Å². The number of aromatic nitrogens is 1. The SMILES string of the molecule is CCCCCCCCCCCCCCCOC(=O)c1ccon1. The Kier molecular flexibility index (Phi) is 12.3. The molecule has 0 amide bonds. The third-order valence-electron chi connectivity index (χ3n) is 4.13. The highest BCUT2D eigenvalue weighted by molar-refractivity contribution is 5.86. The highest BCUT2D eigenvalue weighted by atomic mass is 16.5. The average molecular weight is 323 g/mol. The molecule has 0 unspecified atom stereocenters. The first-order chi connectivity index (χ1) is 11.3. The number of hydrogen-bond donors (Lipinski definition) is 0. The van der Waals surface area contributed by atoms with Crippen molar-refractivity contribution in [3.8, 4) is 0 Å². The van der Waals surface area contributed by atoms with E-state index in [0.717, 1.165) is 12.8 Å². The lowest BCUT2D eigenvalue weighted by Gasteiger charge is -2.04. The van der Waals surface area contributed by atoms with Crippen LogP contribution in [-0.4, -0.2) is 17.7 Å². The number of esters is 1. The molecule has 4 heteroatoms. The molecular formula is C19H33NO3. The van der Waals surface area contributed by atoms with Gasteiger partial charge in [-0.15, -0.1) is 0 Å². The second-order valence-corrected chi connectivity index (χ2v) is 6.26. The van der Waals surface area contributed by atoms with E-state index in [-0.39, 0.29) is 5.69 Å². The highest BCUT2D eigenvalue weighted by Crippen LogP contribution is 2.12. The quantitative estimate of drug-likeness (QED) is 0.297. The van der Waals surface area contributed by atoms with Crippen LogP contribution >= 0.6 is 0 Å². The van der Waals surface area contributed by atoms with Crippen LogP contribution in [0.2, 0.25) is 0 Å². The standard InChI is InChI=1S/C19H33NO3/c1-2-3-4-5-6-7-8-9-10-11-12-13-14-16-22-19(21)18-15-17-23-20-18/h15,17H,2-14,16H2,1H3. The molecule has 1 rings (SSSR count). The van der Waals surface area contributed by atoms with E-state index >= 15 is 0 Å². The summed E-state index contributed by atoms with van der Waals surface area (Å²) in [5.74, 6) is -0.391. The fourth-order valence-corrected chi connectivity index (χ4v) is 2.68. The average Bonchev–Trinajstić information content (AvgIpc) is 3.09. The van der Waals surface area contributed by atoms with Crippen LogP contribution in [0.3, 0.4) is 0 Å². The number of hydrogen-bond acceptors (Lipinski definition) is 4. The minimum absolute atomic E-state index is 0.250. The van der Waals surface area contributed by atoms with Gasteiger partial charge >= 0.3 is 5.97 Å². The minimum atomic E-state index is -0.391. The predicted octanol–water partition coefficient (Wildman–Crippen LogP) is 5.92. The van der Waals surface area contributed by atoms with Gasteiger partial charge < -0.3 is 9.26 Å². The van der Waals surface area contributed by atoms with Gasteiger partial charge in [0, 0.05) is 6.07 Å². The molecule has 0 bridgehead atoms. The van der Waals surface area contributed by atoms with E-state index in [2.05, 4.69) is 16.6 Å². The Morgan fingerprint density at radius 3 is 1.91 bits per heavy atom. The van der Waals surface area contributed by atoms with Crippen LogP contribution in [0.15, 0.2) is 16.9 Å². The Balaban J connectivity index is 1.76. The zero-order valence-corrected chi connectivity index (χ0v) is 14.7. The molecule has 0 saturated heterocycles. The smallest absolute Gasteiger partial charge is 0.360 e. The van der Waals surface area contributed by atoms with Crippen LogP contribution in [0, 0.1) is 0 Å². The molecule has 1 aromatic rings. The van der Waals surface area contributed by atoms with Gasteiger partial charge in [0.25, 0.3) is 0 Å². The van der Waals surface area contributed by atoms with Crippen LogP contribution in [-0.2, 0) is 4.74 Å². The van der Waals surface area contributed by atoms with Crippen LogP contribution in [0.25, 0.3) is 0 Å². The number of unbranched alkanes of at least 4 members (excludes halogenated alkanes) is 12. The molecule has 0 aromatic carbocycles. The lowest BCUT2D eigenvalue weighted by Crippen LogP contribution is -2.06. The van der Waals surface area contributed by atoms with Gasteiger partial charge in [-0.2, -0.15) is 0 Å². The lowest BCUT2D eigenvalue weighted by molar-refractivity contribution is 0.0486. The first kappa shape index (κ1) is 19.7. The summed E-state index contributed by atoms with van der Waals surface area (Å²) in [4.78, 5) is 11.5. The van der Waals surface area contributed by atoms with E-state index in [1.165, 1.54) is 83.0 Å². The van der Waals surface area contributed by atoms with E-state index in [0.29, 0.717) is 6.61 Å². The molecule has 0 fully saturated rings. The third-order valence-corrected chi connectivity index (χ3v) is 4.13. The first-order valence-electron chi connectivity index (χ1n) is 9.42. The molecule has 0 aliphatic carbocycles. The number of rotatable bonds is 15. The number of nitrogens with zero attached hydrogens (tertiary/aromatic N) is 1. The Morgan fingerprint density at radius 2 is 1.43 bits per heavy atom. The molecule has 1 aromatic heterocycles. The summed E-state index contributed by atoms with van der Waals surface area (Å²) in [5.41, 5.74) is 0.250. The summed E-state index contributed by atoms with van der Waals surface area (Å²) in [5, 5.41) is 3.55. The topological polar surface area (TPSA) is 52.3 Å². The molecule has 0 aliphatic rings. The zero-order chi connectivity index (χ0) is 16.6. The maximum absolute atomic E-state index is 11.5. The van der Waals surface area contributed by atoms with Crippen molar-refractivity contribution < 1.29 is 14.1 Å². The Hall–Kier alpha value is -1.32. The summed E-state index contributed by atoms with van der Waals surface area (Å²) in [7, 11) is 0. The predicted molar refractivity (Wildman–Crippen MR) is 92.5 cm³/mol. The largest absolute Gasteiger partial charge is 0.461 e. The summed E-state index contributed by atoms with van der Waals surface area (Å²) >= 11 is 0. The Labute approximate surface area is 141 Å². The molecule has 0 spiro atoms. The van der Waals surface area contributed by atoms with Crippen LogP contribution in [0.1, 0.15) is 101 Å². The third kappa shape index (κ3) is 10.9. The van der Waals surface area contributed by atoms with Gasteiger partial charge in [0.15, 0.2) is 5.69 Å². The Bertz CT molecular complexity index is 376. The number of carbonyl (C=O) groups is 1. The van der Waals surface area contributed by atoms with Crippen molar-refractivity contribution in [2.24, 2.45) is 0 Å². The zero-order valence-electron chi connectivity index (χ0n) is 14.7. The maximum Gasteiger partial charge on any atom is 0.360 e. The molecule has 1 heterocycles. The van der Waals surface area contributed by atoms with Crippen molar-refractivity contribution in [2.75, 3.05) is 6.61 Å². The fraction of sp³-hybridized carbons (Fsp3) is 0.789. The van der Waals surface area contributed by atoms with Crippen molar-refractivity contribution in [1.29, 1.82) is 0 Å². The number of ether oxygens (including phenoxy) is 1. The minimum Gasteiger partial charge on any atom is -0.461 e. The molecule has 0 aliphatic heterocycles. The first-order valence-corrected chi connectivity index (χ1v) is 9.42. The van der Waals surface area contributed by atoms with Gasteiger partial charge in [-0.1, -0.05) is 89.1 Å². The van der Waals surface area contributed by atoms with Crippen LogP contribution in [0.5, 0.6) is 0 Å². The van der Waals surface area contributed by atoms with E-state index in [9.17, 15) is 4.79 Å². The van der Waals surface area contributed by atoms with Gasteiger partial charge in [0.2, 0.25) is 0 Å². The van der Waals surface area contributed by atoms with E-state index < -0.39 is 5.97 Å².